The molecule has 10 heteroatoms. The maximum atomic E-state index is 12.6. The summed E-state index contributed by atoms with van der Waals surface area (Å²) in [6.45, 7) is 2.33. The number of nitro benzene ring substituents is 1. The molecule has 0 aliphatic carbocycles. The zero-order chi connectivity index (χ0) is 21.9. The van der Waals surface area contributed by atoms with Gasteiger partial charge in [0.2, 0.25) is 0 Å². The van der Waals surface area contributed by atoms with Gasteiger partial charge >= 0.3 is 5.97 Å². The molecule has 0 saturated heterocycles. The van der Waals surface area contributed by atoms with E-state index in [-0.39, 0.29) is 37.5 Å². The second-order valence-electron chi connectivity index (χ2n) is 6.56. The molecule has 30 heavy (non-hydrogen) atoms. The van der Waals surface area contributed by atoms with E-state index in [9.17, 15) is 24.8 Å². The van der Waals surface area contributed by atoms with Crippen LogP contribution in [0.5, 0.6) is 0 Å². The van der Waals surface area contributed by atoms with Crippen molar-refractivity contribution in [1.82, 2.24) is 5.32 Å². The van der Waals surface area contributed by atoms with Crippen molar-refractivity contribution >= 4 is 17.6 Å². The molecule has 0 radical (unpaired) electrons. The van der Waals surface area contributed by atoms with Crippen LogP contribution in [0, 0.1) is 16.0 Å². The standard InChI is InChI=1S/C20H24N2O8/c1-2-28-13-30-12-17(10-16(20(24)25)9-14-7-8-29-11-14)21-19(23)15-3-5-18(6-4-15)22(26)27/h3-8,11,16-17H,2,9-10,12-13H2,1H3,(H,21,23)(H,24,25)/t16-,17-/m0/s1. The Morgan fingerprint density at radius 2 is 1.97 bits per heavy atom. The Labute approximate surface area is 172 Å². The summed E-state index contributed by atoms with van der Waals surface area (Å²) in [7, 11) is 0. The molecule has 2 N–H and O–H groups in total. The molecule has 0 saturated carbocycles. The fourth-order valence-corrected chi connectivity index (χ4v) is 2.81. The van der Waals surface area contributed by atoms with E-state index in [1.165, 1.54) is 36.8 Å². The summed E-state index contributed by atoms with van der Waals surface area (Å²) >= 11 is 0. The first-order valence-corrected chi connectivity index (χ1v) is 9.35. The molecule has 0 fully saturated rings. The number of hydrogen-bond acceptors (Lipinski definition) is 7. The monoisotopic (exact) mass is 420 g/mol. The van der Waals surface area contributed by atoms with Crippen LogP contribution >= 0.6 is 0 Å². The largest absolute Gasteiger partial charge is 0.481 e. The van der Waals surface area contributed by atoms with Gasteiger partial charge in [-0.1, -0.05) is 0 Å². The van der Waals surface area contributed by atoms with Crippen LogP contribution in [0.3, 0.4) is 0 Å². The summed E-state index contributed by atoms with van der Waals surface area (Å²) in [5, 5.41) is 23.1. The van der Waals surface area contributed by atoms with Gasteiger partial charge in [0.15, 0.2) is 0 Å². The van der Waals surface area contributed by atoms with Crippen LogP contribution in [0.1, 0.15) is 29.3 Å². The van der Waals surface area contributed by atoms with Crippen molar-refractivity contribution in [3.05, 3.63) is 64.1 Å². The van der Waals surface area contributed by atoms with Gasteiger partial charge in [0.1, 0.15) is 6.79 Å². The number of carboxylic acid groups (broad SMARTS) is 1. The van der Waals surface area contributed by atoms with E-state index in [4.69, 9.17) is 13.9 Å². The van der Waals surface area contributed by atoms with Crippen molar-refractivity contribution in [2.24, 2.45) is 5.92 Å². The molecule has 2 rings (SSSR count). The number of carbonyl (C=O) groups excluding carboxylic acids is 1. The summed E-state index contributed by atoms with van der Waals surface area (Å²) < 4.78 is 15.5. The third-order valence-corrected chi connectivity index (χ3v) is 4.35. The van der Waals surface area contributed by atoms with E-state index in [1.807, 2.05) is 6.92 Å². The van der Waals surface area contributed by atoms with Gasteiger partial charge in [-0.05, 0) is 43.5 Å². The zero-order valence-electron chi connectivity index (χ0n) is 16.5. The third kappa shape index (κ3) is 7.30. The number of non-ortho nitro benzene ring substituents is 1. The highest BCUT2D eigenvalue weighted by atomic mass is 16.7. The number of nitrogens with one attached hydrogen (secondary N) is 1. The molecule has 1 heterocycles. The highest BCUT2D eigenvalue weighted by molar-refractivity contribution is 5.94. The number of carbonyl (C=O) groups is 2. The van der Waals surface area contributed by atoms with Gasteiger partial charge in [-0.3, -0.25) is 19.7 Å². The maximum absolute atomic E-state index is 12.6. The molecular weight excluding hydrogens is 396 g/mol. The summed E-state index contributed by atoms with van der Waals surface area (Å²) in [6, 6.07) is 6.22. The lowest BCUT2D eigenvalue weighted by Gasteiger charge is -2.22. The van der Waals surface area contributed by atoms with Gasteiger partial charge in [0.05, 0.1) is 36.0 Å². The predicted octanol–water partition coefficient (Wildman–Crippen LogP) is 2.63. The summed E-state index contributed by atoms with van der Waals surface area (Å²) in [4.78, 5) is 34.5. The highest BCUT2D eigenvalue weighted by Crippen LogP contribution is 2.17. The Hall–Kier alpha value is -3.24. The number of nitrogens with zero attached hydrogens (tertiary/aromatic N) is 1. The molecule has 10 nitrogen and oxygen atoms in total. The van der Waals surface area contributed by atoms with Crippen LogP contribution in [0.15, 0.2) is 47.3 Å². The first-order valence-electron chi connectivity index (χ1n) is 9.35. The second kappa shape index (κ2) is 11.7. The van der Waals surface area contributed by atoms with Crippen LogP contribution < -0.4 is 5.32 Å². The zero-order valence-corrected chi connectivity index (χ0v) is 16.5. The molecule has 0 spiro atoms. The van der Waals surface area contributed by atoms with Crippen molar-refractivity contribution in [1.29, 1.82) is 0 Å². The minimum Gasteiger partial charge on any atom is -0.481 e. The summed E-state index contributed by atoms with van der Waals surface area (Å²) in [5.74, 6) is -2.27. The molecule has 162 valence electrons. The molecule has 2 aromatic rings. The van der Waals surface area contributed by atoms with Gasteiger partial charge in [-0.15, -0.1) is 0 Å². The number of carboxylic acids is 1. The molecule has 0 aliphatic rings. The number of ether oxygens (including phenoxy) is 2. The highest BCUT2D eigenvalue weighted by Gasteiger charge is 2.25. The number of aliphatic carboxylic acids is 1. The van der Waals surface area contributed by atoms with Crippen molar-refractivity contribution in [2.45, 2.75) is 25.8 Å². The van der Waals surface area contributed by atoms with E-state index in [2.05, 4.69) is 5.32 Å². The number of nitro groups is 1. The van der Waals surface area contributed by atoms with Crippen molar-refractivity contribution in [3.63, 3.8) is 0 Å². The van der Waals surface area contributed by atoms with Crippen molar-refractivity contribution < 1.29 is 33.5 Å². The second-order valence-corrected chi connectivity index (χ2v) is 6.56. The molecule has 0 aliphatic heterocycles. The van der Waals surface area contributed by atoms with Crippen LogP contribution in [0.4, 0.5) is 5.69 Å². The van der Waals surface area contributed by atoms with Gasteiger partial charge < -0.3 is 24.3 Å². The molecule has 1 aromatic carbocycles. The SMILES string of the molecule is CCOCOC[C@H](C[C@H](Cc1ccoc1)C(=O)O)NC(=O)c1ccc([N+](=O)[O-])cc1. The van der Waals surface area contributed by atoms with Crippen LogP contribution in [0.2, 0.25) is 0 Å². The minimum absolute atomic E-state index is 0.0138. The van der Waals surface area contributed by atoms with E-state index in [0.717, 1.165) is 5.56 Å². The maximum Gasteiger partial charge on any atom is 0.306 e. The Balaban J connectivity index is 2.07. The lowest BCUT2D eigenvalue weighted by atomic mass is 9.94. The fraction of sp³-hybridized carbons (Fsp3) is 0.400. The molecule has 0 unspecified atom stereocenters. The lowest BCUT2D eigenvalue weighted by Crippen LogP contribution is -2.41. The predicted molar refractivity (Wildman–Crippen MR) is 105 cm³/mol. The first kappa shape index (κ1) is 23.0. The topological polar surface area (TPSA) is 141 Å². The first-order chi connectivity index (χ1) is 14.4. The van der Waals surface area contributed by atoms with Crippen LogP contribution in [-0.4, -0.2) is 48.0 Å². The van der Waals surface area contributed by atoms with E-state index in [0.29, 0.717) is 6.61 Å². The quantitative estimate of drug-likeness (QED) is 0.218. The van der Waals surface area contributed by atoms with Gasteiger partial charge in [-0.2, -0.15) is 0 Å². The van der Waals surface area contributed by atoms with Gasteiger partial charge in [0.25, 0.3) is 11.6 Å². The molecule has 1 aromatic heterocycles. The summed E-state index contributed by atoms with van der Waals surface area (Å²) in [5.41, 5.74) is 0.824. The van der Waals surface area contributed by atoms with E-state index < -0.39 is 28.8 Å². The van der Waals surface area contributed by atoms with Crippen molar-refractivity contribution in [3.8, 4) is 0 Å². The fourth-order valence-electron chi connectivity index (χ4n) is 2.81. The number of rotatable bonds is 13. The third-order valence-electron chi connectivity index (χ3n) is 4.35. The van der Waals surface area contributed by atoms with Gasteiger partial charge in [0, 0.05) is 24.3 Å². The van der Waals surface area contributed by atoms with Gasteiger partial charge in [-0.25, -0.2) is 0 Å². The van der Waals surface area contributed by atoms with E-state index >= 15 is 0 Å². The number of benzene rings is 1. The average molecular weight is 420 g/mol. The Kier molecular flexibility index (Phi) is 8.98. The average Bonchev–Trinajstić information content (AvgIpc) is 3.23. The Morgan fingerprint density at radius 1 is 1.23 bits per heavy atom. The lowest BCUT2D eigenvalue weighted by molar-refractivity contribution is -0.384. The molecule has 1 amide bonds. The van der Waals surface area contributed by atoms with Crippen LogP contribution in [0.25, 0.3) is 0 Å². The molecular formula is C20H24N2O8. The number of hydrogen-bond donors (Lipinski definition) is 2. The Bertz CT molecular complexity index is 820. The summed E-state index contributed by atoms with van der Waals surface area (Å²) in [6.07, 6.45) is 3.30. The van der Waals surface area contributed by atoms with Crippen LogP contribution in [-0.2, 0) is 20.7 Å². The molecule has 0 bridgehead atoms. The van der Waals surface area contributed by atoms with E-state index in [1.54, 1.807) is 6.07 Å². The minimum atomic E-state index is -1.00. The smallest absolute Gasteiger partial charge is 0.306 e. The molecule has 2 atom stereocenters. The Morgan fingerprint density at radius 3 is 2.53 bits per heavy atom. The normalized spacial score (nSPS) is 12.8. The number of furan rings is 1. The number of amides is 1. The van der Waals surface area contributed by atoms with Crippen molar-refractivity contribution in [2.75, 3.05) is 20.0 Å².